The molecule has 2 unspecified atom stereocenters. The Kier molecular flexibility index (Phi) is 2.14. The zero-order valence-corrected chi connectivity index (χ0v) is 5.82. The largest absolute Gasteiger partial charge is 0.392 e. The third-order valence-corrected chi connectivity index (χ3v) is 1.81. The number of aliphatic hydroxyl groups is 1. The molecule has 0 aromatic heterocycles. The molecule has 0 spiro atoms. The summed E-state index contributed by atoms with van der Waals surface area (Å²) in [5.41, 5.74) is 0. The van der Waals surface area contributed by atoms with Gasteiger partial charge in [0.05, 0.1) is 6.10 Å². The van der Waals surface area contributed by atoms with Gasteiger partial charge in [-0.2, -0.15) is 0 Å². The number of ketones is 2. The second kappa shape index (κ2) is 2.92. The molecule has 1 N–H and O–H groups in total. The smallest absolute Gasteiger partial charge is 0.211 e. The van der Waals surface area contributed by atoms with Crippen molar-refractivity contribution < 1.29 is 19.5 Å². The minimum Gasteiger partial charge on any atom is -0.392 e. The predicted molar refractivity (Wildman–Crippen MR) is 34.8 cm³/mol. The van der Waals surface area contributed by atoms with Crippen molar-refractivity contribution in [2.24, 2.45) is 5.92 Å². The molecule has 2 atom stereocenters. The maximum Gasteiger partial charge on any atom is 0.211 e. The Morgan fingerprint density at radius 3 is 2.55 bits per heavy atom. The summed E-state index contributed by atoms with van der Waals surface area (Å²) in [4.78, 5) is 31.7. The average Bonchev–Trinajstić information content (AvgIpc) is 1.99. The second-order valence-electron chi connectivity index (χ2n) is 2.56. The van der Waals surface area contributed by atoms with Crippen molar-refractivity contribution in [3.63, 3.8) is 0 Å². The Labute approximate surface area is 63.2 Å². The zero-order chi connectivity index (χ0) is 8.43. The van der Waals surface area contributed by atoms with E-state index >= 15 is 0 Å². The van der Waals surface area contributed by atoms with E-state index in [1.165, 1.54) is 0 Å². The summed E-state index contributed by atoms with van der Waals surface area (Å²) < 4.78 is 0. The monoisotopic (exact) mass is 156 g/mol. The number of hydrogen-bond donors (Lipinski definition) is 1. The van der Waals surface area contributed by atoms with Crippen molar-refractivity contribution in [1.82, 2.24) is 0 Å². The Hall–Kier alpha value is -1.03. The van der Waals surface area contributed by atoms with Gasteiger partial charge in [0.2, 0.25) is 5.78 Å². The van der Waals surface area contributed by atoms with E-state index in [0.717, 1.165) is 0 Å². The number of rotatable bonds is 1. The highest BCUT2D eigenvalue weighted by Gasteiger charge is 2.35. The van der Waals surface area contributed by atoms with Gasteiger partial charge in [0.15, 0.2) is 5.78 Å². The molecule has 4 heteroatoms. The predicted octanol–water partition coefficient (Wildman–Crippen LogP) is -0.906. The first-order valence-corrected chi connectivity index (χ1v) is 3.37. The Bertz CT molecular complexity index is 208. The number of carbonyl (C=O) groups is 3. The van der Waals surface area contributed by atoms with Crippen LogP contribution in [0.2, 0.25) is 0 Å². The molecule has 1 fully saturated rings. The van der Waals surface area contributed by atoms with Crippen LogP contribution in [0.5, 0.6) is 0 Å². The normalized spacial score (nSPS) is 32.1. The van der Waals surface area contributed by atoms with Gasteiger partial charge >= 0.3 is 0 Å². The van der Waals surface area contributed by atoms with E-state index in [9.17, 15) is 14.4 Å². The van der Waals surface area contributed by atoms with E-state index < -0.39 is 23.6 Å². The van der Waals surface area contributed by atoms with Gasteiger partial charge in [0.1, 0.15) is 12.2 Å². The SMILES string of the molecule is O=CC1C(=O)C(=O)CCC1O. The van der Waals surface area contributed by atoms with Gasteiger partial charge in [-0.1, -0.05) is 0 Å². The van der Waals surface area contributed by atoms with Crippen LogP contribution in [0.3, 0.4) is 0 Å². The van der Waals surface area contributed by atoms with Crippen molar-refractivity contribution >= 4 is 17.9 Å². The number of carbonyl (C=O) groups excluding carboxylic acids is 3. The lowest BCUT2D eigenvalue weighted by Gasteiger charge is -2.19. The van der Waals surface area contributed by atoms with Crippen LogP contribution >= 0.6 is 0 Å². The summed E-state index contributed by atoms with van der Waals surface area (Å²) in [5.74, 6) is -2.41. The molecule has 0 bridgehead atoms. The molecule has 1 aliphatic rings. The van der Waals surface area contributed by atoms with Gasteiger partial charge in [-0.25, -0.2) is 0 Å². The molecule has 0 heterocycles. The molecular weight excluding hydrogens is 148 g/mol. The molecule has 0 saturated heterocycles. The fourth-order valence-corrected chi connectivity index (χ4v) is 1.09. The van der Waals surface area contributed by atoms with Gasteiger partial charge in [0, 0.05) is 6.42 Å². The van der Waals surface area contributed by atoms with E-state index in [-0.39, 0.29) is 12.8 Å². The van der Waals surface area contributed by atoms with Crippen LogP contribution in [0.4, 0.5) is 0 Å². The zero-order valence-electron chi connectivity index (χ0n) is 5.82. The van der Waals surface area contributed by atoms with Crippen molar-refractivity contribution in [2.45, 2.75) is 18.9 Å². The molecular formula is C7H8O4. The van der Waals surface area contributed by atoms with Crippen LogP contribution in [0.1, 0.15) is 12.8 Å². The van der Waals surface area contributed by atoms with Crippen LogP contribution in [0.25, 0.3) is 0 Å². The van der Waals surface area contributed by atoms with Crippen LogP contribution in [0, 0.1) is 5.92 Å². The standard InChI is InChI=1S/C7H8O4/c8-3-4-5(9)1-2-6(10)7(4)11/h3-5,9H,1-2H2. The molecule has 1 aliphatic carbocycles. The quantitative estimate of drug-likeness (QED) is 0.303. The minimum absolute atomic E-state index is 0.0599. The Morgan fingerprint density at radius 1 is 1.45 bits per heavy atom. The number of aliphatic hydroxyl groups excluding tert-OH is 1. The fraction of sp³-hybridized carbons (Fsp3) is 0.571. The van der Waals surface area contributed by atoms with E-state index in [0.29, 0.717) is 6.29 Å². The first-order chi connectivity index (χ1) is 5.16. The highest BCUT2D eigenvalue weighted by atomic mass is 16.3. The summed E-state index contributed by atoms with van der Waals surface area (Å²) in [6, 6.07) is 0. The highest BCUT2D eigenvalue weighted by molar-refractivity contribution is 6.41. The van der Waals surface area contributed by atoms with E-state index in [1.807, 2.05) is 0 Å². The maximum atomic E-state index is 10.8. The molecule has 0 aromatic carbocycles. The molecule has 1 saturated carbocycles. The van der Waals surface area contributed by atoms with Gasteiger partial charge in [-0.15, -0.1) is 0 Å². The summed E-state index contributed by atoms with van der Waals surface area (Å²) in [6.45, 7) is 0. The third-order valence-electron chi connectivity index (χ3n) is 1.81. The summed E-state index contributed by atoms with van der Waals surface area (Å²) in [6.07, 6.45) is -0.347. The van der Waals surface area contributed by atoms with Crippen LogP contribution < -0.4 is 0 Å². The number of aldehydes is 1. The first-order valence-electron chi connectivity index (χ1n) is 3.37. The molecule has 0 amide bonds. The van der Waals surface area contributed by atoms with Crippen molar-refractivity contribution in [3.05, 3.63) is 0 Å². The van der Waals surface area contributed by atoms with E-state index in [1.54, 1.807) is 0 Å². The average molecular weight is 156 g/mol. The minimum atomic E-state index is -1.11. The molecule has 11 heavy (non-hydrogen) atoms. The van der Waals surface area contributed by atoms with Crippen LogP contribution in [-0.2, 0) is 14.4 Å². The van der Waals surface area contributed by atoms with E-state index in [4.69, 9.17) is 5.11 Å². The number of Topliss-reactive ketones (excluding diaryl/α,β-unsaturated/α-hetero) is 2. The Balaban J connectivity index is 2.79. The topological polar surface area (TPSA) is 71.4 Å². The maximum absolute atomic E-state index is 10.8. The lowest BCUT2D eigenvalue weighted by atomic mass is 9.85. The third kappa shape index (κ3) is 1.35. The number of hydrogen-bond acceptors (Lipinski definition) is 4. The van der Waals surface area contributed by atoms with E-state index in [2.05, 4.69) is 0 Å². The molecule has 60 valence electrons. The van der Waals surface area contributed by atoms with Crippen molar-refractivity contribution in [3.8, 4) is 0 Å². The summed E-state index contributed by atoms with van der Waals surface area (Å²) in [5, 5.41) is 9.05. The van der Waals surface area contributed by atoms with Gasteiger partial charge < -0.3 is 9.90 Å². The molecule has 0 radical (unpaired) electrons. The van der Waals surface area contributed by atoms with Crippen LogP contribution in [-0.4, -0.2) is 29.1 Å². The fourth-order valence-electron chi connectivity index (χ4n) is 1.09. The second-order valence-corrected chi connectivity index (χ2v) is 2.56. The summed E-state index contributed by atoms with van der Waals surface area (Å²) in [7, 11) is 0. The van der Waals surface area contributed by atoms with Crippen LogP contribution in [0.15, 0.2) is 0 Å². The highest BCUT2D eigenvalue weighted by Crippen LogP contribution is 2.16. The Morgan fingerprint density at radius 2 is 2.09 bits per heavy atom. The molecule has 1 rings (SSSR count). The van der Waals surface area contributed by atoms with Gasteiger partial charge in [-0.3, -0.25) is 9.59 Å². The lowest BCUT2D eigenvalue weighted by Crippen LogP contribution is -2.39. The van der Waals surface area contributed by atoms with Crippen molar-refractivity contribution in [1.29, 1.82) is 0 Å². The lowest BCUT2D eigenvalue weighted by molar-refractivity contribution is -0.146. The molecule has 0 aliphatic heterocycles. The van der Waals surface area contributed by atoms with Crippen molar-refractivity contribution in [2.75, 3.05) is 0 Å². The molecule has 0 aromatic rings. The van der Waals surface area contributed by atoms with Gasteiger partial charge in [-0.05, 0) is 6.42 Å². The van der Waals surface area contributed by atoms with Gasteiger partial charge in [0.25, 0.3) is 0 Å². The summed E-state index contributed by atoms with van der Waals surface area (Å²) >= 11 is 0. The molecule has 4 nitrogen and oxygen atoms in total. The first kappa shape index (κ1) is 8.07.